The number of hydrogen-bond donors (Lipinski definition) is 0. The van der Waals surface area contributed by atoms with Crippen molar-refractivity contribution in [3.8, 4) is 11.4 Å². The molecule has 2 heterocycles. The van der Waals surface area contributed by atoms with E-state index < -0.39 is 23.7 Å². The molecule has 3 aromatic rings. The molecular weight excluding hydrogens is 434 g/mol. The lowest BCUT2D eigenvalue weighted by Gasteiger charge is -2.36. The molecular formula is C26H29N3O5. The zero-order chi connectivity index (χ0) is 24.3. The second-order valence-corrected chi connectivity index (χ2v) is 9.12. The molecule has 4 rings (SSSR count). The van der Waals surface area contributed by atoms with E-state index in [9.17, 15) is 9.59 Å². The number of carbonyl (C=O) groups is 2. The highest BCUT2D eigenvalue weighted by atomic mass is 16.6. The number of esters is 1. The van der Waals surface area contributed by atoms with Gasteiger partial charge in [0.05, 0.1) is 12.8 Å². The van der Waals surface area contributed by atoms with Crippen molar-refractivity contribution in [1.82, 2.24) is 14.7 Å². The van der Waals surface area contributed by atoms with Crippen molar-refractivity contribution >= 4 is 12.1 Å². The van der Waals surface area contributed by atoms with Crippen LogP contribution in [0.3, 0.4) is 0 Å². The number of amides is 1. The number of aromatic nitrogens is 2. The summed E-state index contributed by atoms with van der Waals surface area (Å²) in [5.74, 6) is 0.196. The molecule has 1 aromatic heterocycles. The molecule has 0 saturated carbocycles. The Kier molecular flexibility index (Phi) is 6.58. The molecule has 2 aromatic carbocycles. The van der Waals surface area contributed by atoms with Crippen molar-refractivity contribution < 1.29 is 23.8 Å². The van der Waals surface area contributed by atoms with Crippen molar-refractivity contribution in [2.75, 3.05) is 13.7 Å². The first-order valence-electron chi connectivity index (χ1n) is 11.2. The van der Waals surface area contributed by atoms with Crippen LogP contribution in [0.4, 0.5) is 4.79 Å². The summed E-state index contributed by atoms with van der Waals surface area (Å²) in [5, 5.41) is 4.23. The quantitative estimate of drug-likeness (QED) is 0.520. The van der Waals surface area contributed by atoms with Crippen LogP contribution in [0.5, 0.6) is 5.75 Å². The maximum atomic E-state index is 12.7. The minimum absolute atomic E-state index is 0.347. The van der Waals surface area contributed by atoms with E-state index in [-0.39, 0.29) is 0 Å². The zero-order valence-electron chi connectivity index (χ0n) is 19.9. The Bertz CT molecular complexity index is 1150. The topological polar surface area (TPSA) is 82.9 Å². The van der Waals surface area contributed by atoms with Crippen molar-refractivity contribution in [2.45, 2.75) is 45.4 Å². The molecule has 0 saturated heterocycles. The maximum absolute atomic E-state index is 12.7. The van der Waals surface area contributed by atoms with Crippen LogP contribution in [0.25, 0.3) is 5.69 Å². The van der Waals surface area contributed by atoms with Gasteiger partial charge < -0.3 is 14.2 Å². The van der Waals surface area contributed by atoms with Crippen LogP contribution in [0.2, 0.25) is 0 Å². The normalized spacial score (nSPS) is 15.4. The van der Waals surface area contributed by atoms with Crippen LogP contribution in [-0.2, 0) is 27.3 Å². The predicted octanol–water partition coefficient (Wildman–Crippen LogP) is 4.46. The van der Waals surface area contributed by atoms with Gasteiger partial charge in [-0.15, -0.1) is 0 Å². The van der Waals surface area contributed by atoms with Gasteiger partial charge in [0.1, 0.15) is 18.0 Å². The summed E-state index contributed by atoms with van der Waals surface area (Å²) in [4.78, 5) is 26.8. The van der Waals surface area contributed by atoms with Gasteiger partial charge in [-0.25, -0.2) is 14.3 Å². The fourth-order valence-electron chi connectivity index (χ4n) is 3.91. The van der Waals surface area contributed by atoms with Gasteiger partial charge in [0.25, 0.3) is 0 Å². The Labute approximate surface area is 199 Å². The third kappa shape index (κ3) is 5.22. The molecule has 0 aliphatic carbocycles. The summed E-state index contributed by atoms with van der Waals surface area (Å²) in [7, 11) is 1.32. The van der Waals surface area contributed by atoms with Gasteiger partial charge in [-0.05, 0) is 74.2 Å². The van der Waals surface area contributed by atoms with Gasteiger partial charge >= 0.3 is 12.1 Å². The number of carbonyl (C=O) groups excluding carboxylic acids is 2. The minimum atomic E-state index is -0.854. The van der Waals surface area contributed by atoms with Crippen molar-refractivity contribution in [3.63, 3.8) is 0 Å². The highest BCUT2D eigenvalue weighted by Crippen LogP contribution is 2.34. The van der Waals surface area contributed by atoms with E-state index in [1.807, 2.05) is 54.7 Å². The molecule has 8 heteroatoms. The minimum Gasteiger partial charge on any atom is -0.489 e. The van der Waals surface area contributed by atoms with Crippen molar-refractivity contribution in [3.05, 3.63) is 77.6 Å². The van der Waals surface area contributed by atoms with Crippen LogP contribution < -0.4 is 4.74 Å². The summed E-state index contributed by atoms with van der Waals surface area (Å²) >= 11 is 0. The zero-order valence-corrected chi connectivity index (χ0v) is 19.9. The Balaban J connectivity index is 1.48. The molecule has 1 aliphatic heterocycles. The first kappa shape index (κ1) is 23.4. The average molecular weight is 464 g/mol. The monoisotopic (exact) mass is 463 g/mol. The smallest absolute Gasteiger partial charge is 0.411 e. The molecule has 1 aliphatic rings. The van der Waals surface area contributed by atoms with Crippen molar-refractivity contribution in [1.29, 1.82) is 0 Å². The first-order chi connectivity index (χ1) is 16.2. The van der Waals surface area contributed by atoms with Crippen LogP contribution in [0.15, 0.2) is 60.9 Å². The molecule has 1 amide bonds. The SMILES string of the molecule is COC(=O)[C@H]1c2ccc(OCc3ccc(-n4cccn4)cc3)cc2CCN1C(=O)OC(C)(C)C. The lowest BCUT2D eigenvalue weighted by Crippen LogP contribution is -2.46. The highest BCUT2D eigenvalue weighted by Gasteiger charge is 2.39. The molecule has 34 heavy (non-hydrogen) atoms. The number of fused-ring (bicyclic) bond motifs is 1. The molecule has 8 nitrogen and oxygen atoms in total. The van der Waals surface area contributed by atoms with E-state index >= 15 is 0 Å². The van der Waals surface area contributed by atoms with Gasteiger partial charge in [-0.1, -0.05) is 18.2 Å². The van der Waals surface area contributed by atoms with Gasteiger partial charge in [0, 0.05) is 18.9 Å². The molecule has 1 atom stereocenters. The first-order valence-corrected chi connectivity index (χ1v) is 11.2. The number of benzene rings is 2. The number of ether oxygens (including phenoxy) is 3. The summed E-state index contributed by atoms with van der Waals surface area (Å²) in [6.07, 6.45) is 3.68. The van der Waals surface area contributed by atoms with Crippen LogP contribution in [0.1, 0.15) is 43.5 Å². The Morgan fingerprint density at radius 3 is 2.53 bits per heavy atom. The summed E-state index contributed by atoms with van der Waals surface area (Å²) in [6.45, 7) is 6.14. The lowest BCUT2D eigenvalue weighted by molar-refractivity contribution is -0.147. The van der Waals surface area contributed by atoms with E-state index in [0.717, 1.165) is 22.4 Å². The number of nitrogens with zero attached hydrogens (tertiary/aromatic N) is 3. The highest BCUT2D eigenvalue weighted by molar-refractivity contribution is 5.84. The lowest BCUT2D eigenvalue weighted by atomic mass is 9.92. The van der Waals surface area contributed by atoms with Gasteiger partial charge in [0.15, 0.2) is 6.04 Å². The van der Waals surface area contributed by atoms with Crippen LogP contribution in [-0.4, -0.2) is 46.0 Å². The second-order valence-electron chi connectivity index (χ2n) is 9.12. The molecule has 0 bridgehead atoms. The molecule has 178 valence electrons. The summed E-state index contributed by atoms with van der Waals surface area (Å²) in [6, 6.07) is 14.6. The summed E-state index contributed by atoms with van der Waals surface area (Å²) in [5.41, 5.74) is 3.01. The van der Waals surface area contributed by atoms with Crippen LogP contribution in [0, 0.1) is 0 Å². The number of methoxy groups -OCH3 is 1. The van der Waals surface area contributed by atoms with Gasteiger partial charge in [-0.2, -0.15) is 5.10 Å². The Morgan fingerprint density at radius 2 is 1.88 bits per heavy atom. The Morgan fingerprint density at radius 1 is 1.12 bits per heavy atom. The van der Waals surface area contributed by atoms with E-state index in [1.165, 1.54) is 12.0 Å². The van der Waals surface area contributed by atoms with Crippen molar-refractivity contribution in [2.24, 2.45) is 0 Å². The molecule has 0 unspecified atom stereocenters. The second kappa shape index (κ2) is 9.59. The largest absolute Gasteiger partial charge is 0.489 e. The van der Waals surface area contributed by atoms with E-state index in [4.69, 9.17) is 14.2 Å². The number of hydrogen-bond acceptors (Lipinski definition) is 6. The fourth-order valence-corrected chi connectivity index (χ4v) is 3.91. The summed E-state index contributed by atoms with van der Waals surface area (Å²) < 4.78 is 18.3. The Hall–Kier alpha value is -3.81. The predicted molar refractivity (Wildman–Crippen MR) is 126 cm³/mol. The van der Waals surface area contributed by atoms with Crippen LogP contribution >= 0.6 is 0 Å². The number of rotatable bonds is 5. The molecule has 0 N–H and O–H groups in total. The standard InChI is InChI=1S/C26H29N3O5/c1-26(2,3)34-25(31)28-15-12-19-16-21(10-11-22(19)23(28)24(30)32-4)33-17-18-6-8-20(9-7-18)29-14-5-13-27-29/h5-11,13-14,16,23H,12,15,17H2,1-4H3/t23-/m1/s1. The van der Waals surface area contributed by atoms with E-state index in [0.29, 0.717) is 25.3 Å². The molecule has 0 radical (unpaired) electrons. The van der Waals surface area contributed by atoms with Gasteiger partial charge in [0.2, 0.25) is 0 Å². The van der Waals surface area contributed by atoms with E-state index in [1.54, 1.807) is 31.6 Å². The molecule has 0 spiro atoms. The fraction of sp³-hybridized carbons (Fsp3) is 0.346. The molecule has 0 fully saturated rings. The maximum Gasteiger partial charge on any atom is 0.411 e. The third-order valence-electron chi connectivity index (χ3n) is 5.51. The third-order valence-corrected chi connectivity index (χ3v) is 5.51. The van der Waals surface area contributed by atoms with Gasteiger partial charge in [-0.3, -0.25) is 4.90 Å². The average Bonchev–Trinajstić information content (AvgIpc) is 3.35. The van der Waals surface area contributed by atoms with E-state index in [2.05, 4.69) is 5.10 Å².